The van der Waals surface area contributed by atoms with Crippen LogP contribution in [0.1, 0.15) is 32.5 Å². The number of fused-ring (bicyclic) bond motifs is 1. The van der Waals surface area contributed by atoms with Crippen LogP contribution < -0.4 is 16.4 Å². The molecule has 162 valence electrons. The van der Waals surface area contributed by atoms with Crippen LogP contribution in [-0.2, 0) is 16.0 Å². The Morgan fingerprint density at radius 3 is 2.45 bits per heavy atom. The van der Waals surface area contributed by atoms with Crippen LogP contribution in [0.25, 0.3) is 10.9 Å². The Morgan fingerprint density at radius 1 is 1.06 bits per heavy atom. The molecule has 3 rings (SSSR count). The summed E-state index contributed by atoms with van der Waals surface area (Å²) in [5.41, 5.74) is 7.03. The number of nitrogens with zero attached hydrogens (tertiary/aromatic N) is 2. The fourth-order valence-electron chi connectivity index (χ4n) is 3.22. The first-order valence-electron chi connectivity index (χ1n) is 10.2. The first-order chi connectivity index (χ1) is 14.8. The number of halogens is 1. The van der Waals surface area contributed by atoms with Gasteiger partial charge >= 0.3 is 0 Å². The lowest BCUT2D eigenvalue weighted by atomic mass is 10.0. The van der Waals surface area contributed by atoms with Gasteiger partial charge in [0.25, 0.3) is 0 Å². The lowest BCUT2D eigenvalue weighted by Crippen LogP contribution is -2.39. The van der Waals surface area contributed by atoms with Crippen molar-refractivity contribution in [1.82, 2.24) is 9.97 Å². The zero-order chi connectivity index (χ0) is 22.4. The van der Waals surface area contributed by atoms with E-state index in [1.54, 1.807) is 24.3 Å². The van der Waals surface area contributed by atoms with Gasteiger partial charge in [-0.25, -0.2) is 9.97 Å². The van der Waals surface area contributed by atoms with E-state index < -0.39 is 11.9 Å². The SMILES string of the molecule is CC(C)[C@H](Nc1nc(CCCC(=O)Nc2ccc(Cl)cc2)nc2ccccc12)C(N)=O. The minimum absolute atomic E-state index is 0.00578. The van der Waals surface area contributed by atoms with Crippen LogP contribution in [0.3, 0.4) is 0 Å². The second-order valence-electron chi connectivity index (χ2n) is 7.68. The minimum Gasteiger partial charge on any atom is -0.368 e. The van der Waals surface area contributed by atoms with E-state index in [1.165, 1.54) is 0 Å². The van der Waals surface area contributed by atoms with Crippen LogP contribution >= 0.6 is 11.6 Å². The molecular formula is C23H26ClN5O2. The predicted octanol–water partition coefficient (Wildman–Crippen LogP) is 4.17. The van der Waals surface area contributed by atoms with Crippen LogP contribution in [0.4, 0.5) is 11.5 Å². The Morgan fingerprint density at radius 2 is 1.77 bits per heavy atom. The fraction of sp³-hybridized carbons (Fsp3) is 0.304. The Kier molecular flexibility index (Phi) is 7.41. The van der Waals surface area contributed by atoms with Crippen molar-refractivity contribution in [3.63, 3.8) is 0 Å². The number of primary amides is 1. The molecule has 8 heteroatoms. The summed E-state index contributed by atoms with van der Waals surface area (Å²) in [5.74, 6) is 0.663. The summed E-state index contributed by atoms with van der Waals surface area (Å²) in [4.78, 5) is 33.3. The second-order valence-corrected chi connectivity index (χ2v) is 8.12. The van der Waals surface area contributed by atoms with Crippen molar-refractivity contribution in [2.24, 2.45) is 11.7 Å². The number of hydrogen-bond acceptors (Lipinski definition) is 5. The van der Waals surface area contributed by atoms with E-state index in [0.717, 1.165) is 10.9 Å². The number of nitrogens with two attached hydrogens (primary N) is 1. The normalized spacial score (nSPS) is 12.0. The summed E-state index contributed by atoms with van der Waals surface area (Å²) in [5, 5.41) is 7.46. The van der Waals surface area contributed by atoms with Gasteiger partial charge in [0.1, 0.15) is 17.7 Å². The summed E-state index contributed by atoms with van der Waals surface area (Å²) in [6.07, 6.45) is 1.44. The number of para-hydroxylation sites is 1. The zero-order valence-electron chi connectivity index (χ0n) is 17.6. The quantitative estimate of drug-likeness (QED) is 0.463. The number of carbonyl (C=O) groups excluding carboxylic acids is 2. The highest BCUT2D eigenvalue weighted by Gasteiger charge is 2.21. The third kappa shape index (κ3) is 6.15. The topological polar surface area (TPSA) is 110 Å². The van der Waals surface area contributed by atoms with Gasteiger partial charge in [0.2, 0.25) is 11.8 Å². The largest absolute Gasteiger partial charge is 0.368 e. The van der Waals surface area contributed by atoms with Crippen molar-refractivity contribution < 1.29 is 9.59 Å². The number of rotatable bonds is 9. The molecule has 1 heterocycles. The molecule has 31 heavy (non-hydrogen) atoms. The number of carbonyl (C=O) groups is 2. The third-order valence-electron chi connectivity index (χ3n) is 4.85. The van der Waals surface area contributed by atoms with E-state index in [9.17, 15) is 9.59 Å². The third-order valence-corrected chi connectivity index (χ3v) is 5.10. The molecular weight excluding hydrogens is 414 g/mol. The van der Waals surface area contributed by atoms with Crippen molar-refractivity contribution >= 4 is 45.8 Å². The van der Waals surface area contributed by atoms with Crippen LogP contribution in [-0.4, -0.2) is 27.8 Å². The van der Waals surface area contributed by atoms with Crippen molar-refractivity contribution in [3.05, 3.63) is 59.4 Å². The van der Waals surface area contributed by atoms with Crippen molar-refractivity contribution in [3.8, 4) is 0 Å². The first kappa shape index (κ1) is 22.5. The standard InChI is InChI=1S/C23H26ClN5O2/c1-14(2)21(22(25)31)29-23-17-6-3-4-7-18(17)27-19(28-23)8-5-9-20(30)26-16-12-10-15(24)11-13-16/h3-4,6-7,10-14,21H,5,8-9H2,1-2H3,(H2,25,31)(H,26,30)(H,27,28,29)/t21-/m0/s1. The number of hydrogen-bond donors (Lipinski definition) is 3. The molecule has 4 N–H and O–H groups in total. The van der Waals surface area contributed by atoms with Gasteiger partial charge in [-0.15, -0.1) is 0 Å². The molecule has 0 unspecified atom stereocenters. The summed E-state index contributed by atoms with van der Waals surface area (Å²) >= 11 is 5.86. The van der Waals surface area contributed by atoms with E-state index in [-0.39, 0.29) is 11.8 Å². The maximum Gasteiger partial charge on any atom is 0.240 e. The lowest BCUT2D eigenvalue weighted by molar-refractivity contribution is -0.119. The molecule has 0 aliphatic carbocycles. The monoisotopic (exact) mass is 439 g/mol. The van der Waals surface area contributed by atoms with E-state index in [1.807, 2.05) is 38.1 Å². The molecule has 0 saturated heterocycles. The van der Waals surface area contributed by atoms with Gasteiger partial charge in [-0.2, -0.15) is 0 Å². The van der Waals surface area contributed by atoms with E-state index >= 15 is 0 Å². The molecule has 0 radical (unpaired) electrons. The Labute approximate surface area is 186 Å². The number of benzene rings is 2. The highest BCUT2D eigenvalue weighted by molar-refractivity contribution is 6.30. The van der Waals surface area contributed by atoms with Gasteiger partial charge in [-0.1, -0.05) is 37.6 Å². The van der Waals surface area contributed by atoms with Crippen LogP contribution in [0.15, 0.2) is 48.5 Å². The van der Waals surface area contributed by atoms with E-state index in [2.05, 4.69) is 20.6 Å². The predicted molar refractivity (Wildman–Crippen MR) is 124 cm³/mol. The van der Waals surface area contributed by atoms with Crippen LogP contribution in [0.2, 0.25) is 5.02 Å². The zero-order valence-corrected chi connectivity index (χ0v) is 18.3. The van der Waals surface area contributed by atoms with Crippen molar-refractivity contribution in [1.29, 1.82) is 0 Å². The average molecular weight is 440 g/mol. The molecule has 0 bridgehead atoms. The van der Waals surface area contributed by atoms with Gasteiger partial charge < -0.3 is 16.4 Å². The molecule has 0 aliphatic heterocycles. The lowest BCUT2D eigenvalue weighted by Gasteiger charge is -2.21. The molecule has 0 fully saturated rings. The summed E-state index contributed by atoms with van der Waals surface area (Å²) in [6, 6.07) is 14.0. The van der Waals surface area contributed by atoms with Crippen LogP contribution in [0, 0.1) is 5.92 Å². The number of amides is 2. The van der Waals surface area contributed by atoms with Crippen LogP contribution in [0.5, 0.6) is 0 Å². The summed E-state index contributed by atoms with van der Waals surface area (Å²) in [7, 11) is 0. The van der Waals surface area contributed by atoms with Gasteiger partial charge in [-0.3, -0.25) is 9.59 Å². The van der Waals surface area contributed by atoms with E-state index in [4.69, 9.17) is 17.3 Å². The summed E-state index contributed by atoms with van der Waals surface area (Å²) in [6.45, 7) is 3.85. The molecule has 7 nitrogen and oxygen atoms in total. The molecule has 0 aliphatic rings. The Hall–Kier alpha value is -3.19. The van der Waals surface area contributed by atoms with Gasteiger partial charge in [0.15, 0.2) is 0 Å². The highest BCUT2D eigenvalue weighted by atomic mass is 35.5. The molecule has 0 saturated carbocycles. The number of nitrogens with one attached hydrogen (secondary N) is 2. The van der Waals surface area contributed by atoms with Crippen molar-refractivity contribution in [2.75, 3.05) is 10.6 Å². The molecule has 2 amide bonds. The maximum atomic E-state index is 12.2. The Balaban J connectivity index is 1.69. The molecule has 2 aromatic carbocycles. The molecule has 3 aromatic rings. The maximum absolute atomic E-state index is 12.2. The Bertz CT molecular complexity index is 1070. The number of anilines is 2. The summed E-state index contributed by atoms with van der Waals surface area (Å²) < 4.78 is 0. The van der Waals surface area contributed by atoms with Gasteiger partial charge in [0.05, 0.1) is 5.52 Å². The highest BCUT2D eigenvalue weighted by Crippen LogP contribution is 2.23. The number of aromatic nitrogens is 2. The average Bonchev–Trinajstić information content (AvgIpc) is 2.73. The van der Waals surface area contributed by atoms with E-state index in [0.29, 0.717) is 41.6 Å². The smallest absolute Gasteiger partial charge is 0.240 e. The van der Waals surface area contributed by atoms with Gasteiger partial charge in [-0.05, 0) is 48.7 Å². The first-order valence-corrected chi connectivity index (χ1v) is 10.6. The molecule has 1 atom stereocenters. The molecule has 1 aromatic heterocycles. The van der Waals surface area contributed by atoms with Crippen molar-refractivity contribution in [2.45, 2.75) is 39.2 Å². The molecule has 0 spiro atoms. The second kappa shape index (κ2) is 10.2. The minimum atomic E-state index is -0.545. The van der Waals surface area contributed by atoms with Gasteiger partial charge in [0, 0.05) is 28.9 Å². The fourth-order valence-corrected chi connectivity index (χ4v) is 3.35. The number of aryl methyl sites for hydroxylation is 1.